The van der Waals surface area contributed by atoms with Gasteiger partial charge in [-0.2, -0.15) is 0 Å². The number of nitrogens with zero attached hydrogens (tertiary/aromatic N) is 2. The molecule has 0 saturated carbocycles. The van der Waals surface area contributed by atoms with E-state index in [1.165, 1.54) is 76.7 Å². The maximum absolute atomic E-state index is 2.48. The standard InChI is InChI=1S/C62H42N2/c1-3-19-44(20-4-1)51-32-16-23-46-24-17-33-54(61(46)51)52-28-9-12-35-57(52)63(48-41-39-45(40-42-48)50-31-15-22-43-21-7-8-27-49(43)50)58-36-13-10-29-53(58)55-34-18-38-60-62(55)56-30-11-14-37-59(56)64(60)47-25-5-2-6-26-47/h1-42H. The molecule has 0 atom stereocenters. The summed E-state index contributed by atoms with van der Waals surface area (Å²) in [5.74, 6) is 0. The molecule has 0 aliphatic heterocycles. The zero-order valence-corrected chi connectivity index (χ0v) is 35.1. The molecule has 12 rings (SSSR count). The second-order valence-electron chi connectivity index (χ2n) is 16.4. The van der Waals surface area contributed by atoms with Crippen LogP contribution in [0.1, 0.15) is 0 Å². The molecule has 12 aromatic rings. The van der Waals surface area contributed by atoms with Gasteiger partial charge in [-0.1, -0.05) is 206 Å². The number of benzene rings is 11. The van der Waals surface area contributed by atoms with Gasteiger partial charge in [-0.15, -0.1) is 0 Å². The minimum atomic E-state index is 1.08. The van der Waals surface area contributed by atoms with Gasteiger partial charge in [-0.25, -0.2) is 0 Å². The highest BCUT2D eigenvalue weighted by Gasteiger charge is 2.24. The second kappa shape index (κ2) is 15.8. The van der Waals surface area contributed by atoms with Gasteiger partial charge in [0, 0.05) is 33.3 Å². The van der Waals surface area contributed by atoms with E-state index in [-0.39, 0.29) is 0 Å². The number of para-hydroxylation sites is 4. The topological polar surface area (TPSA) is 8.17 Å². The first kappa shape index (κ1) is 37.3. The highest BCUT2D eigenvalue weighted by Crippen LogP contribution is 2.49. The van der Waals surface area contributed by atoms with Gasteiger partial charge in [-0.05, 0) is 103 Å². The van der Waals surface area contributed by atoms with Gasteiger partial charge >= 0.3 is 0 Å². The Hall–Kier alpha value is -8.46. The van der Waals surface area contributed by atoms with Crippen molar-refractivity contribution in [3.8, 4) is 50.2 Å². The number of aromatic nitrogens is 1. The summed E-state index contributed by atoms with van der Waals surface area (Å²) >= 11 is 0. The zero-order chi connectivity index (χ0) is 42.4. The predicted octanol–water partition coefficient (Wildman–Crippen LogP) is 17.2. The van der Waals surface area contributed by atoms with Gasteiger partial charge in [0.15, 0.2) is 0 Å². The molecule has 0 unspecified atom stereocenters. The molecule has 300 valence electrons. The number of hydrogen-bond acceptors (Lipinski definition) is 1. The minimum absolute atomic E-state index is 1.08. The van der Waals surface area contributed by atoms with Crippen LogP contribution in [0.15, 0.2) is 255 Å². The molecule has 1 aromatic heterocycles. The van der Waals surface area contributed by atoms with Crippen LogP contribution in [0.25, 0.3) is 93.5 Å². The molecule has 0 fully saturated rings. The van der Waals surface area contributed by atoms with E-state index in [1.807, 2.05) is 0 Å². The van der Waals surface area contributed by atoms with Crippen molar-refractivity contribution in [2.45, 2.75) is 0 Å². The second-order valence-corrected chi connectivity index (χ2v) is 16.4. The van der Waals surface area contributed by atoms with Crippen molar-refractivity contribution in [1.82, 2.24) is 4.57 Å². The van der Waals surface area contributed by atoms with Gasteiger partial charge in [-0.3, -0.25) is 0 Å². The van der Waals surface area contributed by atoms with E-state index in [1.54, 1.807) is 0 Å². The molecule has 0 aliphatic rings. The lowest BCUT2D eigenvalue weighted by molar-refractivity contribution is 1.18. The van der Waals surface area contributed by atoms with E-state index in [9.17, 15) is 0 Å². The molecule has 11 aromatic carbocycles. The molecule has 0 N–H and O–H groups in total. The van der Waals surface area contributed by atoms with E-state index in [0.717, 1.165) is 33.9 Å². The Kier molecular flexibility index (Phi) is 9.20. The summed E-state index contributed by atoms with van der Waals surface area (Å²) in [5, 5.41) is 7.39. The van der Waals surface area contributed by atoms with E-state index < -0.39 is 0 Å². The largest absolute Gasteiger partial charge is 0.309 e. The van der Waals surface area contributed by atoms with Crippen LogP contribution in [-0.4, -0.2) is 4.57 Å². The van der Waals surface area contributed by atoms with Crippen LogP contribution in [0.3, 0.4) is 0 Å². The summed E-state index contributed by atoms with van der Waals surface area (Å²) in [6, 6.07) is 92.8. The summed E-state index contributed by atoms with van der Waals surface area (Å²) in [7, 11) is 0. The van der Waals surface area contributed by atoms with Crippen molar-refractivity contribution in [1.29, 1.82) is 0 Å². The molecule has 0 bridgehead atoms. The molecule has 64 heavy (non-hydrogen) atoms. The van der Waals surface area contributed by atoms with Crippen molar-refractivity contribution >= 4 is 60.4 Å². The molecule has 0 saturated heterocycles. The third-order valence-electron chi connectivity index (χ3n) is 12.8. The normalized spacial score (nSPS) is 11.4. The van der Waals surface area contributed by atoms with E-state index >= 15 is 0 Å². The first-order chi connectivity index (χ1) is 31.8. The Labute approximate surface area is 373 Å². The monoisotopic (exact) mass is 814 g/mol. The van der Waals surface area contributed by atoms with Crippen LogP contribution in [0.2, 0.25) is 0 Å². The first-order valence-corrected chi connectivity index (χ1v) is 22.0. The predicted molar refractivity (Wildman–Crippen MR) is 272 cm³/mol. The lowest BCUT2D eigenvalue weighted by Crippen LogP contribution is -2.12. The molecule has 0 radical (unpaired) electrons. The highest BCUT2D eigenvalue weighted by atomic mass is 15.1. The Morgan fingerprint density at radius 1 is 0.266 bits per heavy atom. The summed E-state index contributed by atoms with van der Waals surface area (Å²) in [6.45, 7) is 0. The SMILES string of the molecule is c1ccc(-c2cccc3cccc(-c4ccccc4N(c4ccc(-c5cccc6ccccc56)cc4)c4ccccc4-c4cccc5c4c4ccccc4n5-c4ccccc4)c23)cc1. The van der Waals surface area contributed by atoms with Gasteiger partial charge in [0.25, 0.3) is 0 Å². The number of rotatable bonds is 8. The van der Waals surface area contributed by atoms with Crippen molar-refractivity contribution in [2.75, 3.05) is 4.90 Å². The molecule has 2 nitrogen and oxygen atoms in total. The van der Waals surface area contributed by atoms with Crippen LogP contribution in [-0.2, 0) is 0 Å². The maximum Gasteiger partial charge on any atom is 0.0547 e. The number of anilines is 3. The van der Waals surface area contributed by atoms with Gasteiger partial charge in [0.1, 0.15) is 0 Å². The summed E-state index contributed by atoms with van der Waals surface area (Å²) in [6.07, 6.45) is 0. The molecule has 0 spiro atoms. The van der Waals surface area contributed by atoms with E-state index in [0.29, 0.717) is 0 Å². The number of fused-ring (bicyclic) bond motifs is 5. The quantitative estimate of drug-likeness (QED) is 0.148. The average molecular weight is 815 g/mol. The summed E-state index contributed by atoms with van der Waals surface area (Å²) in [5.41, 5.74) is 16.3. The highest BCUT2D eigenvalue weighted by molar-refractivity contribution is 6.17. The van der Waals surface area contributed by atoms with Crippen molar-refractivity contribution in [3.63, 3.8) is 0 Å². The van der Waals surface area contributed by atoms with Crippen molar-refractivity contribution < 1.29 is 0 Å². The maximum atomic E-state index is 2.48. The molecule has 0 aliphatic carbocycles. The molecular weight excluding hydrogens is 773 g/mol. The third-order valence-corrected chi connectivity index (χ3v) is 12.8. The summed E-state index contributed by atoms with van der Waals surface area (Å²) < 4.78 is 2.40. The molecule has 1 heterocycles. The minimum Gasteiger partial charge on any atom is -0.309 e. The summed E-state index contributed by atoms with van der Waals surface area (Å²) in [4.78, 5) is 2.48. The molecule has 2 heteroatoms. The molecular formula is C62H42N2. The fraction of sp³-hybridized carbons (Fsp3) is 0. The van der Waals surface area contributed by atoms with E-state index in [4.69, 9.17) is 0 Å². The van der Waals surface area contributed by atoms with Crippen LogP contribution < -0.4 is 4.90 Å². The smallest absolute Gasteiger partial charge is 0.0547 e. The average Bonchev–Trinajstić information content (AvgIpc) is 3.72. The van der Waals surface area contributed by atoms with Crippen LogP contribution in [0.4, 0.5) is 17.1 Å². The fourth-order valence-corrected chi connectivity index (χ4v) is 9.99. The van der Waals surface area contributed by atoms with Crippen LogP contribution >= 0.6 is 0 Å². The Morgan fingerprint density at radius 2 is 0.734 bits per heavy atom. The van der Waals surface area contributed by atoms with Gasteiger partial charge < -0.3 is 9.47 Å². The third kappa shape index (κ3) is 6.27. The van der Waals surface area contributed by atoms with Crippen molar-refractivity contribution in [2.24, 2.45) is 0 Å². The van der Waals surface area contributed by atoms with Gasteiger partial charge in [0.05, 0.1) is 22.4 Å². The number of hydrogen-bond donors (Lipinski definition) is 0. The van der Waals surface area contributed by atoms with Crippen LogP contribution in [0.5, 0.6) is 0 Å². The first-order valence-electron chi connectivity index (χ1n) is 22.0. The zero-order valence-electron chi connectivity index (χ0n) is 35.1. The Balaban J connectivity index is 1.12. The lowest BCUT2D eigenvalue weighted by atomic mass is 9.90. The fourth-order valence-electron chi connectivity index (χ4n) is 9.99. The Morgan fingerprint density at radius 3 is 1.45 bits per heavy atom. The van der Waals surface area contributed by atoms with Crippen molar-refractivity contribution in [3.05, 3.63) is 255 Å². The van der Waals surface area contributed by atoms with E-state index in [2.05, 4.69) is 264 Å². The molecule has 0 amide bonds. The lowest BCUT2D eigenvalue weighted by Gasteiger charge is -2.30. The Bertz CT molecular complexity index is 3650. The van der Waals surface area contributed by atoms with Crippen LogP contribution in [0, 0.1) is 0 Å². The van der Waals surface area contributed by atoms with Gasteiger partial charge in [0.2, 0.25) is 0 Å².